The highest BCUT2D eigenvalue weighted by atomic mass is 16.3. The maximum atomic E-state index is 13.5. The monoisotopic (exact) mass is 454 g/mol. The second-order valence-corrected chi connectivity index (χ2v) is 11.4. The molecule has 0 amide bonds. The lowest BCUT2D eigenvalue weighted by Gasteiger charge is -2.58. The maximum Gasteiger partial charge on any atom is 0.328 e. The Morgan fingerprint density at radius 2 is 1.82 bits per heavy atom. The van der Waals surface area contributed by atoms with Crippen molar-refractivity contribution in [3.8, 4) is 0 Å². The lowest BCUT2D eigenvalue weighted by molar-refractivity contribution is -0.162. The molecule has 6 atom stereocenters. The van der Waals surface area contributed by atoms with Crippen LogP contribution in [-0.4, -0.2) is 31.8 Å². The predicted molar refractivity (Wildman–Crippen MR) is 123 cm³/mol. The molecule has 0 spiro atoms. The number of H-pyrrole nitrogens is 1. The minimum atomic E-state index is -1.48. The van der Waals surface area contributed by atoms with Crippen LogP contribution in [0.25, 0.3) is 0 Å². The zero-order chi connectivity index (χ0) is 23.8. The van der Waals surface area contributed by atoms with Crippen molar-refractivity contribution in [1.29, 1.82) is 0 Å². The summed E-state index contributed by atoms with van der Waals surface area (Å²) in [6, 6.07) is 0. The lowest BCUT2D eigenvalue weighted by Crippen LogP contribution is -2.58. The number of hydrogen-bond acceptors (Lipinski definition) is 5. The molecule has 0 radical (unpaired) electrons. The Kier molecular flexibility index (Phi) is 5.02. The molecular formula is C26H34N2O5. The Labute approximate surface area is 193 Å². The SMILES string of the molecule is Cc1cn(CC(=O)[C@@]2(O)CC[C@H]3[C@@H]4CCC5=CC(=O)CC[C@]5(C)[C@H]4CC[C@@]32C)c(=O)[nH]c1=O. The summed E-state index contributed by atoms with van der Waals surface area (Å²) in [5.41, 5.74) is -1.39. The van der Waals surface area contributed by atoms with Gasteiger partial charge in [-0.2, -0.15) is 0 Å². The van der Waals surface area contributed by atoms with Gasteiger partial charge < -0.3 is 5.11 Å². The van der Waals surface area contributed by atoms with E-state index in [0.717, 1.165) is 38.5 Å². The van der Waals surface area contributed by atoms with Crippen LogP contribution >= 0.6 is 0 Å². The van der Waals surface area contributed by atoms with Gasteiger partial charge in [0.25, 0.3) is 5.56 Å². The summed E-state index contributed by atoms with van der Waals surface area (Å²) in [7, 11) is 0. The van der Waals surface area contributed by atoms with Crippen molar-refractivity contribution in [3.05, 3.63) is 44.2 Å². The molecule has 0 bridgehead atoms. The van der Waals surface area contributed by atoms with Crippen molar-refractivity contribution in [2.24, 2.45) is 28.6 Å². The molecule has 2 N–H and O–H groups in total. The first-order valence-electron chi connectivity index (χ1n) is 12.3. The third kappa shape index (κ3) is 3.11. The van der Waals surface area contributed by atoms with E-state index in [0.29, 0.717) is 30.2 Å². The van der Waals surface area contributed by atoms with Crippen LogP contribution < -0.4 is 11.2 Å². The predicted octanol–water partition coefficient (Wildman–Crippen LogP) is 2.68. The fraction of sp³-hybridized carbons (Fsp3) is 0.692. The van der Waals surface area contributed by atoms with Crippen LogP contribution in [0, 0.1) is 35.5 Å². The molecule has 3 saturated carbocycles. The molecule has 7 heteroatoms. The maximum absolute atomic E-state index is 13.5. The molecule has 1 aromatic rings. The van der Waals surface area contributed by atoms with Gasteiger partial charge in [-0.15, -0.1) is 0 Å². The highest BCUT2D eigenvalue weighted by Gasteiger charge is 2.66. The van der Waals surface area contributed by atoms with Gasteiger partial charge in [0.15, 0.2) is 11.6 Å². The van der Waals surface area contributed by atoms with Crippen molar-refractivity contribution in [1.82, 2.24) is 9.55 Å². The molecule has 4 aliphatic carbocycles. The van der Waals surface area contributed by atoms with E-state index in [2.05, 4.69) is 18.8 Å². The quantitative estimate of drug-likeness (QED) is 0.730. The molecule has 0 unspecified atom stereocenters. The average Bonchev–Trinajstić information content (AvgIpc) is 3.04. The number of ketones is 2. The second-order valence-electron chi connectivity index (χ2n) is 11.4. The zero-order valence-electron chi connectivity index (χ0n) is 19.8. The number of allylic oxidation sites excluding steroid dienone is 1. The second kappa shape index (κ2) is 7.36. The summed E-state index contributed by atoms with van der Waals surface area (Å²) < 4.78 is 1.21. The largest absolute Gasteiger partial charge is 0.381 e. The third-order valence-electron chi connectivity index (χ3n) is 10.1. The smallest absolute Gasteiger partial charge is 0.328 e. The number of carbonyl (C=O) groups is 2. The van der Waals surface area contributed by atoms with Crippen molar-refractivity contribution < 1.29 is 14.7 Å². The van der Waals surface area contributed by atoms with Gasteiger partial charge in [0.05, 0.1) is 6.54 Å². The fourth-order valence-corrected chi connectivity index (χ4v) is 8.05. The Balaban J connectivity index is 1.43. The molecule has 5 rings (SSSR count). The number of carbonyl (C=O) groups excluding carboxylic acids is 2. The first-order chi connectivity index (χ1) is 15.5. The first kappa shape index (κ1) is 22.5. The van der Waals surface area contributed by atoms with Crippen LogP contribution in [0.15, 0.2) is 27.4 Å². The van der Waals surface area contributed by atoms with Crippen LogP contribution in [0.3, 0.4) is 0 Å². The molecule has 0 aliphatic heterocycles. The van der Waals surface area contributed by atoms with Crippen molar-refractivity contribution >= 4 is 11.6 Å². The lowest BCUT2D eigenvalue weighted by atomic mass is 9.46. The highest BCUT2D eigenvalue weighted by Crippen LogP contribution is 2.67. The van der Waals surface area contributed by atoms with E-state index in [1.807, 2.05) is 6.08 Å². The Bertz CT molecular complexity index is 1180. The van der Waals surface area contributed by atoms with Gasteiger partial charge in [0.2, 0.25) is 0 Å². The number of nitrogens with one attached hydrogen (secondary N) is 1. The number of rotatable bonds is 3. The normalized spacial score (nSPS) is 39.9. The molecule has 7 nitrogen and oxygen atoms in total. The van der Waals surface area contributed by atoms with E-state index in [4.69, 9.17) is 0 Å². The van der Waals surface area contributed by atoms with Gasteiger partial charge in [-0.25, -0.2) is 4.79 Å². The van der Waals surface area contributed by atoms with Crippen LogP contribution in [0.5, 0.6) is 0 Å². The summed E-state index contributed by atoms with van der Waals surface area (Å²) in [4.78, 5) is 51.7. The number of aromatic amines is 1. The molecule has 4 aliphatic rings. The Hall–Kier alpha value is -2.28. The first-order valence-corrected chi connectivity index (χ1v) is 12.3. The zero-order valence-corrected chi connectivity index (χ0v) is 19.8. The minimum absolute atomic E-state index is 0.0453. The van der Waals surface area contributed by atoms with E-state index >= 15 is 0 Å². The van der Waals surface area contributed by atoms with Gasteiger partial charge >= 0.3 is 5.69 Å². The summed E-state index contributed by atoms with van der Waals surface area (Å²) >= 11 is 0. The van der Waals surface area contributed by atoms with E-state index in [1.165, 1.54) is 16.3 Å². The highest BCUT2D eigenvalue weighted by molar-refractivity contribution is 5.91. The molecule has 33 heavy (non-hydrogen) atoms. The van der Waals surface area contributed by atoms with Crippen molar-refractivity contribution in [2.75, 3.05) is 0 Å². The summed E-state index contributed by atoms with van der Waals surface area (Å²) in [5, 5.41) is 11.8. The van der Waals surface area contributed by atoms with Gasteiger partial charge in [0, 0.05) is 23.6 Å². The van der Waals surface area contributed by atoms with Crippen molar-refractivity contribution in [2.45, 2.75) is 84.3 Å². The molecule has 178 valence electrons. The molecule has 1 heterocycles. The van der Waals surface area contributed by atoms with Crippen LogP contribution in [-0.2, 0) is 16.1 Å². The van der Waals surface area contributed by atoms with Crippen LogP contribution in [0.4, 0.5) is 0 Å². The molecular weight excluding hydrogens is 420 g/mol. The van der Waals surface area contributed by atoms with E-state index in [-0.39, 0.29) is 29.4 Å². The third-order valence-corrected chi connectivity index (χ3v) is 10.1. The van der Waals surface area contributed by atoms with Gasteiger partial charge in [-0.05, 0) is 81.1 Å². The number of aryl methyl sites for hydroxylation is 1. The Morgan fingerprint density at radius 1 is 1.09 bits per heavy atom. The van der Waals surface area contributed by atoms with E-state index in [1.54, 1.807) is 6.92 Å². The Morgan fingerprint density at radius 3 is 2.58 bits per heavy atom. The topological polar surface area (TPSA) is 109 Å². The minimum Gasteiger partial charge on any atom is -0.381 e. The standard InChI is InChI=1S/C26H34N2O5/c1-15-13-28(23(32)27-22(15)31)14-21(30)26(33)11-8-20-18-5-4-16-12-17(29)6-9-24(16,2)19(18)7-10-25(20,26)3/h12-13,18-20,33H,4-11,14H2,1-3H3,(H,27,31,32)/t18-,19+,20+,24+,25+,26+/m1/s1. The summed E-state index contributed by atoms with van der Waals surface area (Å²) in [6.45, 7) is 5.74. The van der Waals surface area contributed by atoms with Crippen molar-refractivity contribution in [3.63, 3.8) is 0 Å². The molecule has 0 aromatic carbocycles. The number of aliphatic hydroxyl groups is 1. The number of Topliss-reactive ketones (excluding diaryl/α,β-unsaturated/α-hetero) is 1. The van der Waals surface area contributed by atoms with E-state index < -0.39 is 22.3 Å². The van der Waals surface area contributed by atoms with E-state index in [9.17, 15) is 24.3 Å². The summed E-state index contributed by atoms with van der Waals surface area (Å²) in [5.74, 6) is 1.06. The number of hydrogen-bond donors (Lipinski definition) is 2. The van der Waals surface area contributed by atoms with Crippen LogP contribution in [0.2, 0.25) is 0 Å². The van der Waals surface area contributed by atoms with Gasteiger partial charge in [0.1, 0.15) is 5.60 Å². The fourth-order valence-electron chi connectivity index (χ4n) is 8.05. The number of aromatic nitrogens is 2. The molecule has 3 fully saturated rings. The molecule has 0 saturated heterocycles. The van der Waals surface area contributed by atoms with Gasteiger partial charge in [-0.3, -0.25) is 23.9 Å². The molecule has 1 aromatic heterocycles. The van der Waals surface area contributed by atoms with Gasteiger partial charge in [-0.1, -0.05) is 19.4 Å². The summed E-state index contributed by atoms with van der Waals surface area (Å²) in [6.07, 6.45) is 9.64. The average molecular weight is 455 g/mol. The number of fused-ring (bicyclic) bond motifs is 5. The number of nitrogens with zero attached hydrogens (tertiary/aromatic N) is 1. The van der Waals surface area contributed by atoms with Crippen LogP contribution in [0.1, 0.15) is 70.8 Å².